The van der Waals surface area contributed by atoms with E-state index in [1.54, 1.807) is 12.1 Å². The molecule has 0 spiro atoms. The Morgan fingerprint density at radius 1 is 1.32 bits per heavy atom. The standard InChI is InChI=1S/C13H17N3O3/c14-13(17)9-10-5-7-15(8-6-10)11-1-3-12(4-2-11)16(18)19/h1-4,10H,5-9H2,(H2,14,17). The van der Waals surface area contributed by atoms with Gasteiger partial charge in [0.05, 0.1) is 4.92 Å². The summed E-state index contributed by atoms with van der Waals surface area (Å²) in [7, 11) is 0. The number of hydrogen-bond donors (Lipinski definition) is 1. The molecule has 6 heteroatoms. The molecule has 1 aliphatic rings. The van der Waals surface area contributed by atoms with Gasteiger partial charge in [-0.2, -0.15) is 0 Å². The van der Waals surface area contributed by atoms with Crippen LogP contribution in [0.25, 0.3) is 0 Å². The number of amides is 1. The SMILES string of the molecule is NC(=O)CC1CCN(c2ccc([N+](=O)[O-])cc2)CC1. The van der Waals surface area contributed by atoms with E-state index in [1.807, 2.05) is 0 Å². The van der Waals surface area contributed by atoms with Gasteiger partial charge in [0.1, 0.15) is 0 Å². The van der Waals surface area contributed by atoms with Crippen LogP contribution in [0.5, 0.6) is 0 Å². The van der Waals surface area contributed by atoms with Crippen LogP contribution in [0.3, 0.4) is 0 Å². The lowest BCUT2D eigenvalue weighted by Gasteiger charge is -2.33. The van der Waals surface area contributed by atoms with Gasteiger partial charge in [0.25, 0.3) is 5.69 Å². The summed E-state index contributed by atoms with van der Waals surface area (Å²) in [6.07, 6.45) is 2.31. The van der Waals surface area contributed by atoms with Crippen molar-refractivity contribution in [3.63, 3.8) is 0 Å². The van der Waals surface area contributed by atoms with Gasteiger partial charge in [-0.25, -0.2) is 0 Å². The zero-order valence-corrected chi connectivity index (χ0v) is 10.6. The lowest BCUT2D eigenvalue weighted by molar-refractivity contribution is -0.384. The first-order valence-corrected chi connectivity index (χ1v) is 6.34. The fraction of sp³-hybridized carbons (Fsp3) is 0.462. The van der Waals surface area contributed by atoms with E-state index >= 15 is 0 Å². The minimum atomic E-state index is -0.400. The minimum absolute atomic E-state index is 0.104. The summed E-state index contributed by atoms with van der Waals surface area (Å²) >= 11 is 0. The van der Waals surface area contributed by atoms with Crippen molar-refractivity contribution in [3.05, 3.63) is 34.4 Å². The molecule has 0 unspecified atom stereocenters. The monoisotopic (exact) mass is 263 g/mol. The summed E-state index contributed by atoms with van der Waals surface area (Å²) in [5.41, 5.74) is 6.29. The molecule has 1 aliphatic heterocycles. The summed E-state index contributed by atoms with van der Waals surface area (Å²) in [4.78, 5) is 23.2. The fourth-order valence-electron chi connectivity index (χ4n) is 2.46. The fourth-order valence-corrected chi connectivity index (χ4v) is 2.46. The maximum atomic E-state index is 10.9. The van der Waals surface area contributed by atoms with Gasteiger partial charge in [-0.05, 0) is 30.9 Å². The number of rotatable bonds is 4. The lowest BCUT2D eigenvalue weighted by atomic mass is 9.93. The molecule has 0 radical (unpaired) electrons. The van der Waals surface area contributed by atoms with Crippen molar-refractivity contribution in [1.29, 1.82) is 0 Å². The number of piperidine rings is 1. The third-order valence-corrected chi connectivity index (χ3v) is 3.53. The summed E-state index contributed by atoms with van der Waals surface area (Å²) in [5.74, 6) is 0.126. The highest BCUT2D eigenvalue weighted by molar-refractivity contribution is 5.74. The second-order valence-corrected chi connectivity index (χ2v) is 4.87. The van der Waals surface area contributed by atoms with Gasteiger partial charge < -0.3 is 10.6 Å². The highest BCUT2D eigenvalue weighted by Crippen LogP contribution is 2.26. The Balaban J connectivity index is 1.94. The number of hydrogen-bond acceptors (Lipinski definition) is 4. The molecule has 1 saturated heterocycles. The Morgan fingerprint density at radius 2 is 1.89 bits per heavy atom. The number of nitrogens with zero attached hydrogens (tertiary/aromatic N) is 2. The van der Waals surface area contributed by atoms with Crippen LogP contribution in [0.1, 0.15) is 19.3 Å². The molecule has 2 N–H and O–H groups in total. The molecular formula is C13H17N3O3. The molecule has 1 fully saturated rings. The Hall–Kier alpha value is -2.11. The minimum Gasteiger partial charge on any atom is -0.372 e. The molecule has 0 saturated carbocycles. The third kappa shape index (κ3) is 3.43. The van der Waals surface area contributed by atoms with Crippen LogP contribution in [-0.2, 0) is 4.79 Å². The number of carbonyl (C=O) groups excluding carboxylic acids is 1. The van der Waals surface area contributed by atoms with Crippen molar-refractivity contribution < 1.29 is 9.72 Å². The molecule has 6 nitrogen and oxygen atoms in total. The topological polar surface area (TPSA) is 89.5 Å². The van der Waals surface area contributed by atoms with E-state index in [2.05, 4.69) is 4.90 Å². The molecule has 1 aromatic carbocycles. The van der Waals surface area contributed by atoms with Crippen molar-refractivity contribution in [3.8, 4) is 0 Å². The number of primary amides is 1. The normalized spacial score (nSPS) is 16.3. The van der Waals surface area contributed by atoms with Gasteiger partial charge in [0, 0.05) is 37.3 Å². The molecule has 1 heterocycles. The lowest BCUT2D eigenvalue weighted by Crippen LogP contribution is -2.35. The molecule has 2 rings (SSSR count). The first-order chi connectivity index (χ1) is 9.06. The van der Waals surface area contributed by atoms with Gasteiger partial charge >= 0.3 is 0 Å². The van der Waals surface area contributed by atoms with E-state index in [0.29, 0.717) is 12.3 Å². The first-order valence-electron chi connectivity index (χ1n) is 6.34. The van der Waals surface area contributed by atoms with Gasteiger partial charge in [-0.1, -0.05) is 0 Å². The molecule has 1 amide bonds. The van der Waals surface area contributed by atoms with E-state index in [4.69, 9.17) is 5.73 Å². The largest absolute Gasteiger partial charge is 0.372 e. The smallest absolute Gasteiger partial charge is 0.269 e. The molecule has 0 atom stereocenters. The highest BCUT2D eigenvalue weighted by Gasteiger charge is 2.21. The molecule has 19 heavy (non-hydrogen) atoms. The van der Waals surface area contributed by atoms with Crippen LogP contribution < -0.4 is 10.6 Å². The number of nitro benzene ring substituents is 1. The van der Waals surface area contributed by atoms with Crippen LogP contribution in [0, 0.1) is 16.0 Å². The maximum absolute atomic E-state index is 10.9. The molecule has 0 aliphatic carbocycles. The van der Waals surface area contributed by atoms with Crippen LogP contribution in [-0.4, -0.2) is 23.9 Å². The van der Waals surface area contributed by atoms with E-state index < -0.39 is 4.92 Å². The molecule has 0 bridgehead atoms. The van der Waals surface area contributed by atoms with Gasteiger partial charge in [-0.15, -0.1) is 0 Å². The number of anilines is 1. The van der Waals surface area contributed by atoms with Crippen LogP contribution in [0.15, 0.2) is 24.3 Å². The summed E-state index contributed by atoms with van der Waals surface area (Å²) in [5, 5.41) is 10.6. The number of benzene rings is 1. The Kier molecular flexibility index (Phi) is 3.99. The first kappa shape index (κ1) is 13.3. The van der Waals surface area contributed by atoms with Gasteiger partial charge in [0.2, 0.25) is 5.91 Å². The second-order valence-electron chi connectivity index (χ2n) is 4.87. The Morgan fingerprint density at radius 3 is 2.37 bits per heavy atom. The van der Waals surface area contributed by atoms with Crippen LogP contribution >= 0.6 is 0 Å². The third-order valence-electron chi connectivity index (χ3n) is 3.53. The van der Waals surface area contributed by atoms with E-state index in [9.17, 15) is 14.9 Å². The quantitative estimate of drug-likeness (QED) is 0.661. The number of non-ortho nitro benzene ring substituents is 1. The van der Waals surface area contributed by atoms with Crippen molar-refractivity contribution >= 4 is 17.3 Å². The average molecular weight is 263 g/mol. The molecule has 0 aromatic heterocycles. The van der Waals surface area contributed by atoms with Crippen molar-refractivity contribution in [2.45, 2.75) is 19.3 Å². The van der Waals surface area contributed by atoms with Crippen LogP contribution in [0.4, 0.5) is 11.4 Å². The van der Waals surface area contributed by atoms with Crippen LogP contribution in [0.2, 0.25) is 0 Å². The summed E-state index contributed by atoms with van der Waals surface area (Å²) < 4.78 is 0. The number of carbonyl (C=O) groups is 1. The van der Waals surface area contributed by atoms with E-state index in [-0.39, 0.29) is 11.6 Å². The molecular weight excluding hydrogens is 246 g/mol. The van der Waals surface area contributed by atoms with Crippen molar-refractivity contribution in [2.24, 2.45) is 11.7 Å². The average Bonchev–Trinajstić information content (AvgIpc) is 2.39. The van der Waals surface area contributed by atoms with Crippen molar-refractivity contribution in [2.75, 3.05) is 18.0 Å². The summed E-state index contributed by atoms with van der Waals surface area (Å²) in [6.45, 7) is 1.71. The molecule has 1 aromatic rings. The maximum Gasteiger partial charge on any atom is 0.269 e. The van der Waals surface area contributed by atoms with Crippen molar-refractivity contribution in [1.82, 2.24) is 0 Å². The zero-order valence-electron chi connectivity index (χ0n) is 10.6. The Bertz CT molecular complexity index is 465. The Labute approximate surface area is 111 Å². The van der Waals surface area contributed by atoms with Gasteiger partial charge in [-0.3, -0.25) is 14.9 Å². The number of nitro groups is 1. The van der Waals surface area contributed by atoms with E-state index in [1.165, 1.54) is 12.1 Å². The highest BCUT2D eigenvalue weighted by atomic mass is 16.6. The zero-order chi connectivity index (χ0) is 13.8. The number of nitrogens with two attached hydrogens (primary N) is 1. The second kappa shape index (κ2) is 5.69. The summed E-state index contributed by atoms with van der Waals surface area (Å²) in [6, 6.07) is 6.58. The molecule has 102 valence electrons. The van der Waals surface area contributed by atoms with Gasteiger partial charge in [0.15, 0.2) is 0 Å². The van der Waals surface area contributed by atoms with E-state index in [0.717, 1.165) is 31.6 Å². The predicted molar refractivity (Wildman–Crippen MR) is 71.8 cm³/mol. The predicted octanol–water partition coefficient (Wildman–Crippen LogP) is 1.69.